The lowest BCUT2D eigenvalue weighted by atomic mass is 10.2. The van der Waals surface area contributed by atoms with Crippen LogP contribution < -0.4 is 0 Å². The highest BCUT2D eigenvalue weighted by atomic mass is 28.1. The molecule has 0 aliphatic rings. The first-order valence-electron chi connectivity index (χ1n) is 6.17. The SMILES string of the molecule is CCOC(OCC)OC(=O)C(C)=CC([SiH3])CC. The van der Waals surface area contributed by atoms with Gasteiger partial charge in [0.05, 0.1) is 13.2 Å². The Morgan fingerprint density at radius 2 is 1.76 bits per heavy atom. The predicted molar refractivity (Wildman–Crippen MR) is 70.9 cm³/mol. The molecule has 0 bridgehead atoms. The van der Waals surface area contributed by atoms with E-state index in [0.717, 1.165) is 16.7 Å². The highest BCUT2D eigenvalue weighted by molar-refractivity contribution is 6.13. The smallest absolute Gasteiger partial charge is 0.337 e. The second kappa shape index (κ2) is 9.38. The average molecular weight is 260 g/mol. The minimum atomic E-state index is -0.893. The summed E-state index contributed by atoms with van der Waals surface area (Å²) in [5, 5.41) is 0. The average Bonchev–Trinajstić information content (AvgIpc) is 2.29. The maximum atomic E-state index is 11.7. The lowest BCUT2D eigenvalue weighted by Crippen LogP contribution is -2.25. The molecule has 0 heterocycles. The lowest BCUT2D eigenvalue weighted by molar-refractivity contribution is -0.270. The van der Waals surface area contributed by atoms with E-state index >= 15 is 0 Å². The van der Waals surface area contributed by atoms with E-state index in [9.17, 15) is 4.79 Å². The highest BCUT2D eigenvalue weighted by Crippen LogP contribution is 2.12. The number of ether oxygens (including phenoxy) is 3. The summed E-state index contributed by atoms with van der Waals surface area (Å²) in [4.78, 5) is 11.7. The fourth-order valence-electron chi connectivity index (χ4n) is 1.18. The third kappa shape index (κ3) is 7.30. The topological polar surface area (TPSA) is 44.8 Å². The molecule has 0 aromatic carbocycles. The van der Waals surface area contributed by atoms with Crippen molar-refractivity contribution >= 4 is 16.2 Å². The van der Waals surface area contributed by atoms with Crippen LogP contribution in [0.25, 0.3) is 0 Å². The first-order chi connectivity index (χ1) is 8.04. The van der Waals surface area contributed by atoms with Crippen molar-refractivity contribution in [3.05, 3.63) is 11.6 Å². The van der Waals surface area contributed by atoms with Gasteiger partial charge in [-0.25, -0.2) is 4.79 Å². The number of hydrogen-bond donors (Lipinski definition) is 0. The molecule has 0 aliphatic carbocycles. The van der Waals surface area contributed by atoms with E-state index < -0.39 is 6.48 Å². The molecule has 0 saturated carbocycles. The largest absolute Gasteiger partial charge is 0.407 e. The molecule has 0 aromatic rings. The van der Waals surface area contributed by atoms with Gasteiger partial charge in [-0.15, -0.1) is 0 Å². The molecule has 0 rings (SSSR count). The molecule has 0 N–H and O–H groups in total. The lowest BCUT2D eigenvalue weighted by Gasteiger charge is -2.17. The molecule has 1 unspecified atom stereocenters. The molecule has 0 aliphatic heterocycles. The summed E-state index contributed by atoms with van der Waals surface area (Å²) in [6.45, 7) is 7.52. The molecule has 0 fully saturated rings. The number of rotatable bonds is 8. The number of esters is 1. The standard InChI is InChI=1S/C12H24O4Si/c1-5-10(17)8-9(4)11(13)16-12(14-6-2)15-7-3/h8,10,12H,5-7H2,1-4,17H3. The second-order valence-electron chi connectivity index (χ2n) is 3.84. The van der Waals surface area contributed by atoms with Crippen molar-refractivity contribution in [3.8, 4) is 0 Å². The molecule has 100 valence electrons. The van der Waals surface area contributed by atoms with Gasteiger partial charge < -0.3 is 14.2 Å². The van der Waals surface area contributed by atoms with E-state index in [1.807, 2.05) is 19.9 Å². The van der Waals surface area contributed by atoms with Crippen LogP contribution in [0.5, 0.6) is 0 Å². The molecule has 17 heavy (non-hydrogen) atoms. The van der Waals surface area contributed by atoms with Crippen LogP contribution >= 0.6 is 0 Å². The summed E-state index contributed by atoms with van der Waals surface area (Å²) in [6, 6.07) is 0. The van der Waals surface area contributed by atoms with E-state index in [-0.39, 0.29) is 5.97 Å². The zero-order valence-corrected chi connectivity index (χ0v) is 13.5. The maximum absolute atomic E-state index is 11.7. The Bertz CT molecular complexity index is 247. The second-order valence-corrected chi connectivity index (χ2v) is 5.32. The van der Waals surface area contributed by atoms with Crippen molar-refractivity contribution in [1.29, 1.82) is 0 Å². The summed E-state index contributed by atoms with van der Waals surface area (Å²) in [6.07, 6.45) is 3.01. The molecule has 0 aromatic heterocycles. The minimum Gasteiger partial charge on any atom is -0.407 e. The molecule has 0 saturated heterocycles. The van der Waals surface area contributed by atoms with E-state index in [4.69, 9.17) is 14.2 Å². The summed E-state index contributed by atoms with van der Waals surface area (Å²) < 4.78 is 15.4. The summed E-state index contributed by atoms with van der Waals surface area (Å²) >= 11 is 0. The maximum Gasteiger partial charge on any atom is 0.337 e. The van der Waals surface area contributed by atoms with Gasteiger partial charge in [0.2, 0.25) is 0 Å². The summed E-state index contributed by atoms with van der Waals surface area (Å²) in [5.74, 6) is -0.369. The van der Waals surface area contributed by atoms with Crippen molar-refractivity contribution in [2.75, 3.05) is 13.2 Å². The van der Waals surface area contributed by atoms with Crippen LogP contribution in [-0.2, 0) is 19.0 Å². The Hall–Kier alpha value is -0.653. The van der Waals surface area contributed by atoms with E-state index in [1.165, 1.54) is 0 Å². The van der Waals surface area contributed by atoms with Crippen molar-refractivity contribution in [3.63, 3.8) is 0 Å². The molecule has 0 spiro atoms. The number of carbonyl (C=O) groups is 1. The van der Waals surface area contributed by atoms with Crippen molar-refractivity contribution in [2.24, 2.45) is 0 Å². The number of carbonyl (C=O) groups excluding carboxylic acids is 1. The quantitative estimate of drug-likeness (QED) is 0.286. The van der Waals surface area contributed by atoms with Gasteiger partial charge in [0.25, 0.3) is 0 Å². The normalized spacial score (nSPS) is 14.1. The third-order valence-corrected chi connectivity index (χ3v) is 3.46. The first kappa shape index (κ1) is 16.3. The fourth-order valence-corrected chi connectivity index (χ4v) is 1.68. The molecule has 5 heteroatoms. The van der Waals surface area contributed by atoms with Crippen LogP contribution in [0.3, 0.4) is 0 Å². The zero-order chi connectivity index (χ0) is 13.3. The summed E-state index contributed by atoms with van der Waals surface area (Å²) in [7, 11) is 1.04. The van der Waals surface area contributed by atoms with Gasteiger partial charge in [-0.3, -0.25) is 0 Å². The van der Waals surface area contributed by atoms with Crippen LogP contribution in [-0.4, -0.2) is 35.9 Å². The molecular weight excluding hydrogens is 236 g/mol. The summed E-state index contributed by atoms with van der Waals surface area (Å²) in [5.41, 5.74) is 1.12. The molecule has 1 atom stereocenters. The Morgan fingerprint density at radius 3 is 2.18 bits per heavy atom. The fraction of sp³-hybridized carbons (Fsp3) is 0.750. The van der Waals surface area contributed by atoms with E-state index in [1.54, 1.807) is 6.92 Å². The van der Waals surface area contributed by atoms with Gasteiger partial charge in [-0.05, 0) is 26.3 Å². The van der Waals surface area contributed by atoms with E-state index in [2.05, 4.69) is 6.92 Å². The minimum absolute atomic E-state index is 0.369. The Labute approximate surface area is 107 Å². The van der Waals surface area contributed by atoms with Crippen LogP contribution in [0.15, 0.2) is 11.6 Å². The molecule has 0 amide bonds. The first-order valence-corrected chi connectivity index (χ1v) is 7.33. The van der Waals surface area contributed by atoms with Crippen LogP contribution in [0.2, 0.25) is 5.54 Å². The van der Waals surface area contributed by atoms with Gasteiger partial charge >= 0.3 is 12.4 Å². The van der Waals surface area contributed by atoms with Crippen LogP contribution in [0.1, 0.15) is 34.1 Å². The van der Waals surface area contributed by atoms with Gasteiger partial charge in [0, 0.05) is 15.8 Å². The highest BCUT2D eigenvalue weighted by Gasteiger charge is 2.15. The Kier molecular flexibility index (Phi) is 9.02. The van der Waals surface area contributed by atoms with Gasteiger partial charge in [0.1, 0.15) is 0 Å². The van der Waals surface area contributed by atoms with Crippen molar-refractivity contribution in [2.45, 2.75) is 46.1 Å². The van der Waals surface area contributed by atoms with Crippen molar-refractivity contribution < 1.29 is 19.0 Å². The molecule has 4 nitrogen and oxygen atoms in total. The van der Waals surface area contributed by atoms with Gasteiger partial charge in [-0.1, -0.05) is 19.4 Å². The third-order valence-electron chi connectivity index (χ3n) is 2.31. The molecular formula is C12H24O4Si. The zero-order valence-electron chi connectivity index (χ0n) is 11.5. The monoisotopic (exact) mass is 260 g/mol. The number of hydrogen-bond acceptors (Lipinski definition) is 4. The molecule has 0 radical (unpaired) electrons. The Balaban J connectivity index is 4.33. The predicted octanol–water partition coefficient (Wildman–Crippen LogP) is 1.40. The number of allylic oxidation sites excluding steroid dienone is 1. The van der Waals surface area contributed by atoms with Crippen LogP contribution in [0, 0.1) is 0 Å². The van der Waals surface area contributed by atoms with Gasteiger partial charge in [0.15, 0.2) is 0 Å². The van der Waals surface area contributed by atoms with Crippen molar-refractivity contribution in [1.82, 2.24) is 0 Å². The Morgan fingerprint density at radius 1 is 1.24 bits per heavy atom. The van der Waals surface area contributed by atoms with E-state index in [0.29, 0.717) is 24.3 Å². The van der Waals surface area contributed by atoms with Gasteiger partial charge in [-0.2, -0.15) is 0 Å². The van der Waals surface area contributed by atoms with Crippen LogP contribution in [0.4, 0.5) is 0 Å².